The number of imide groups is 2. The summed E-state index contributed by atoms with van der Waals surface area (Å²) in [7, 11) is 0. The van der Waals surface area contributed by atoms with Crippen LogP contribution in [0.3, 0.4) is 0 Å². The van der Waals surface area contributed by atoms with Crippen LogP contribution in [-0.4, -0.2) is 28.8 Å². The van der Waals surface area contributed by atoms with Crippen molar-refractivity contribution in [3.05, 3.63) is 12.2 Å². The van der Waals surface area contributed by atoms with Gasteiger partial charge in [-0.25, -0.2) is 4.79 Å². The van der Waals surface area contributed by atoms with E-state index >= 15 is 0 Å². The number of nitrogens with zero attached hydrogens (tertiary/aromatic N) is 1. The van der Waals surface area contributed by atoms with E-state index in [-0.39, 0.29) is 18.4 Å². The van der Waals surface area contributed by atoms with Crippen LogP contribution < -0.4 is 5.32 Å². The third-order valence-corrected chi connectivity index (χ3v) is 2.65. The monoisotopic (exact) mass is 208 g/mol. The quantitative estimate of drug-likeness (QED) is 0.506. The number of carbonyl (C=O) groups excluding carboxylic acids is 3. The Kier molecular flexibility index (Phi) is 2.53. The molecule has 80 valence electrons. The summed E-state index contributed by atoms with van der Waals surface area (Å²) < 4.78 is 0. The molecule has 0 aromatic rings. The van der Waals surface area contributed by atoms with Crippen LogP contribution in [0.15, 0.2) is 12.2 Å². The van der Waals surface area contributed by atoms with Crippen molar-refractivity contribution in [3.63, 3.8) is 0 Å². The summed E-state index contributed by atoms with van der Waals surface area (Å²) in [5, 5.41) is 2.16. The van der Waals surface area contributed by atoms with Crippen LogP contribution in [0.1, 0.15) is 25.7 Å². The molecule has 0 saturated carbocycles. The van der Waals surface area contributed by atoms with E-state index in [9.17, 15) is 14.4 Å². The number of allylic oxidation sites excluding steroid dienone is 1. The Bertz CT molecular complexity index is 329. The third-order valence-electron chi connectivity index (χ3n) is 2.65. The van der Waals surface area contributed by atoms with Crippen LogP contribution in [-0.2, 0) is 9.59 Å². The lowest BCUT2D eigenvalue weighted by Crippen LogP contribution is -2.56. The van der Waals surface area contributed by atoms with Gasteiger partial charge in [0.25, 0.3) is 0 Å². The van der Waals surface area contributed by atoms with Crippen molar-refractivity contribution in [3.8, 4) is 0 Å². The maximum Gasteiger partial charge on any atom is 0.331 e. The first-order valence-electron chi connectivity index (χ1n) is 4.99. The van der Waals surface area contributed by atoms with E-state index in [0.29, 0.717) is 6.42 Å². The number of rotatable bonds is 1. The van der Waals surface area contributed by atoms with Gasteiger partial charge in [0.15, 0.2) is 0 Å². The van der Waals surface area contributed by atoms with E-state index in [0.717, 1.165) is 12.8 Å². The smallest absolute Gasteiger partial charge is 0.277 e. The van der Waals surface area contributed by atoms with Gasteiger partial charge in [0.2, 0.25) is 11.8 Å². The number of carbonyl (C=O) groups is 3. The van der Waals surface area contributed by atoms with Crippen molar-refractivity contribution in [2.45, 2.75) is 31.7 Å². The summed E-state index contributed by atoms with van der Waals surface area (Å²) in [5.41, 5.74) is 0. The molecule has 1 aliphatic carbocycles. The van der Waals surface area contributed by atoms with E-state index < -0.39 is 11.9 Å². The van der Waals surface area contributed by atoms with E-state index in [1.807, 2.05) is 12.2 Å². The SMILES string of the molecule is O=C1CC(=O)N(C2CC=CCC2)C(=O)N1. The average Bonchev–Trinajstić information content (AvgIpc) is 2.17. The summed E-state index contributed by atoms with van der Waals surface area (Å²) in [5.74, 6) is -0.892. The van der Waals surface area contributed by atoms with Gasteiger partial charge in [0.1, 0.15) is 6.42 Å². The van der Waals surface area contributed by atoms with Crippen LogP contribution in [0.4, 0.5) is 4.79 Å². The molecule has 0 aromatic carbocycles. The minimum absolute atomic E-state index is 0.0874. The molecule has 0 aromatic heterocycles. The highest BCUT2D eigenvalue weighted by Gasteiger charge is 2.35. The average molecular weight is 208 g/mol. The lowest BCUT2D eigenvalue weighted by atomic mass is 9.99. The zero-order chi connectivity index (χ0) is 10.8. The van der Waals surface area contributed by atoms with Crippen LogP contribution in [0.25, 0.3) is 0 Å². The largest absolute Gasteiger partial charge is 0.331 e. The summed E-state index contributed by atoms with van der Waals surface area (Å²) in [6.45, 7) is 0. The van der Waals surface area contributed by atoms with Gasteiger partial charge < -0.3 is 0 Å². The summed E-state index contributed by atoms with van der Waals surface area (Å²) in [6, 6.07) is -0.660. The second kappa shape index (κ2) is 3.84. The molecule has 0 spiro atoms. The van der Waals surface area contributed by atoms with Crippen molar-refractivity contribution in [2.75, 3.05) is 0 Å². The summed E-state index contributed by atoms with van der Waals surface area (Å²) in [6.07, 6.45) is 6.12. The molecule has 1 heterocycles. The molecule has 1 unspecified atom stereocenters. The highest BCUT2D eigenvalue weighted by atomic mass is 16.2. The first-order chi connectivity index (χ1) is 7.18. The van der Waals surface area contributed by atoms with Crippen molar-refractivity contribution in [1.82, 2.24) is 10.2 Å². The first-order valence-corrected chi connectivity index (χ1v) is 4.99. The zero-order valence-corrected chi connectivity index (χ0v) is 8.23. The fraction of sp³-hybridized carbons (Fsp3) is 0.500. The molecule has 5 heteroatoms. The molecule has 0 radical (unpaired) electrons. The fourth-order valence-electron chi connectivity index (χ4n) is 1.94. The van der Waals surface area contributed by atoms with E-state index in [2.05, 4.69) is 5.32 Å². The number of barbiturate groups is 1. The number of hydrogen-bond donors (Lipinski definition) is 1. The van der Waals surface area contributed by atoms with Gasteiger partial charge in [0, 0.05) is 6.04 Å². The number of nitrogens with one attached hydrogen (secondary N) is 1. The minimum atomic E-state index is -0.573. The molecule has 1 saturated heterocycles. The second-order valence-corrected chi connectivity index (χ2v) is 3.73. The van der Waals surface area contributed by atoms with E-state index in [1.165, 1.54) is 4.90 Å². The van der Waals surface area contributed by atoms with Crippen molar-refractivity contribution < 1.29 is 14.4 Å². The molecule has 15 heavy (non-hydrogen) atoms. The topological polar surface area (TPSA) is 66.5 Å². The lowest BCUT2D eigenvalue weighted by molar-refractivity contribution is -0.137. The molecule has 2 rings (SSSR count). The van der Waals surface area contributed by atoms with Gasteiger partial charge in [-0.1, -0.05) is 12.2 Å². The van der Waals surface area contributed by atoms with Gasteiger partial charge in [-0.05, 0) is 19.3 Å². The third kappa shape index (κ3) is 1.91. The first kappa shape index (κ1) is 9.89. The Hall–Kier alpha value is -1.65. The molecule has 1 N–H and O–H groups in total. The second-order valence-electron chi connectivity index (χ2n) is 3.73. The Morgan fingerprint density at radius 1 is 1.27 bits per heavy atom. The maximum absolute atomic E-state index is 11.5. The maximum atomic E-state index is 11.5. The zero-order valence-electron chi connectivity index (χ0n) is 8.23. The van der Waals surface area contributed by atoms with Crippen LogP contribution in [0.5, 0.6) is 0 Å². The number of hydrogen-bond acceptors (Lipinski definition) is 3. The van der Waals surface area contributed by atoms with Crippen molar-refractivity contribution in [2.24, 2.45) is 0 Å². The van der Waals surface area contributed by atoms with Crippen molar-refractivity contribution >= 4 is 17.8 Å². The molecular weight excluding hydrogens is 196 g/mol. The fourth-order valence-corrected chi connectivity index (χ4v) is 1.94. The molecule has 4 amide bonds. The van der Waals surface area contributed by atoms with Gasteiger partial charge in [-0.2, -0.15) is 0 Å². The minimum Gasteiger partial charge on any atom is -0.277 e. The number of urea groups is 1. The molecule has 1 aliphatic heterocycles. The Labute approximate surface area is 87.1 Å². The Balaban J connectivity index is 2.13. The summed E-state index contributed by atoms with van der Waals surface area (Å²) in [4.78, 5) is 35.1. The van der Waals surface area contributed by atoms with Gasteiger partial charge >= 0.3 is 6.03 Å². The van der Waals surface area contributed by atoms with Crippen LogP contribution in [0.2, 0.25) is 0 Å². The molecule has 5 nitrogen and oxygen atoms in total. The highest BCUT2D eigenvalue weighted by Crippen LogP contribution is 2.19. The van der Waals surface area contributed by atoms with E-state index in [1.54, 1.807) is 0 Å². The Morgan fingerprint density at radius 2 is 2.07 bits per heavy atom. The van der Waals surface area contributed by atoms with E-state index in [4.69, 9.17) is 0 Å². The Morgan fingerprint density at radius 3 is 2.67 bits per heavy atom. The molecule has 2 aliphatic rings. The van der Waals surface area contributed by atoms with Gasteiger partial charge in [0.05, 0.1) is 0 Å². The predicted molar refractivity (Wildman–Crippen MR) is 51.8 cm³/mol. The predicted octanol–water partition coefficient (Wildman–Crippen LogP) is 0.564. The molecular formula is C10H12N2O3. The molecule has 1 atom stereocenters. The van der Waals surface area contributed by atoms with Gasteiger partial charge in [-0.15, -0.1) is 0 Å². The molecule has 1 fully saturated rings. The highest BCUT2D eigenvalue weighted by molar-refractivity contribution is 6.14. The summed E-state index contributed by atoms with van der Waals surface area (Å²) >= 11 is 0. The van der Waals surface area contributed by atoms with Gasteiger partial charge in [-0.3, -0.25) is 19.8 Å². The van der Waals surface area contributed by atoms with Crippen molar-refractivity contribution in [1.29, 1.82) is 0 Å². The lowest BCUT2D eigenvalue weighted by Gasteiger charge is -2.33. The standard InChI is InChI=1S/C10H12N2O3/c13-8-6-9(14)12(10(15)11-8)7-4-2-1-3-5-7/h1-2,7H,3-6H2,(H,11,13,15). The normalized spacial score (nSPS) is 26.8. The van der Waals surface area contributed by atoms with Crippen LogP contribution in [0, 0.1) is 0 Å². The number of amides is 4. The van der Waals surface area contributed by atoms with Crippen LogP contribution >= 0.6 is 0 Å². The molecule has 0 bridgehead atoms.